The number of nitrogens with one attached hydrogen (secondary N) is 1. The second-order valence-electron chi connectivity index (χ2n) is 4.77. The second-order valence-corrected chi connectivity index (χ2v) is 5.68. The number of ether oxygens (including phenoxy) is 1. The maximum Gasteiger partial charge on any atom is 0.212 e. The van der Waals surface area contributed by atoms with Gasteiger partial charge in [-0.15, -0.1) is 0 Å². The molecule has 0 saturated heterocycles. The molecule has 0 bridgehead atoms. The van der Waals surface area contributed by atoms with Crippen molar-refractivity contribution in [3.05, 3.63) is 64.8 Å². The van der Waals surface area contributed by atoms with Crippen molar-refractivity contribution < 1.29 is 4.74 Å². The molecule has 0 aliphatic carbocycles. The summed E-state index contributed by atoms with van der Waals surface area (Å²) in [5.41, 5.74) is 2.22. The zero-order chi connectivity index (χ0) is 14.7. The third-order valence-electron chi connectivity index (χ3n) is 3.31. The van der Waals surface area contributed by atoms with E-state index < -0.39 is 0 Å². The van der Waals surface area contributed by atoms with Gasteiger partial charge in [0.1, 0.15) is 0 Å². The molecule has 106 valence electrons. The van der Waals surface area contributed by atoms with Crippen molar-refractivity contribution in [2.45, 2.75) is 6.54 Å². The Kier molecular flexibility index (Phi) is 4.06. The SMILES string of the molecule is COc1ccc(CNc2ccc3cc(Br)ccc3c2)cn1. The van der Waals surface area contributed by atoms with Crippen molar-refractivity contribution in [3.8, 4) is 5.88 Å². The van der Waals surface area contributed by atoms with Gasteiger partial charge in [-0.3, -0.25) is 0 Å². The zero-order valence-corrected chi connectivity index (χ0v) is 13.2. The van der Waals surface area contributed by atoms with Crippen molar-refractivity contribution in [2.75, 3.05) is 12.4 Å². The van der Waals surface area contributed by atoms with Gasteiger partial charge in [-0.2, -0.15) is 0 Å². The summed E-state index contributed by atoms with van der Waals surface area (Å²) in [7, 11) is 1.62. The quantitative estimate of drug-likeness (QED) is 0.751. The maximum atomic E-state index is 5.05. The van der Waals surface area contributed by atoms with Crippen LogP contribution in [0.5, 0.6) is 5.88 Å². The Morgan fingerprint density at radius 1 is 1.05 bits per heavy atom. The van der Waals surface area contributed by atoms with Gasteiger partial charge < -0.3 is 10.1 Å². The summed E-state index contributed by atoms with van der Waals surface area (Å²) in [5.74, 6) is 0.634. The van der Waals surface area contributed by atoms with Crippen LogP contribution in [0.4, 0.5) is 5.69 Å². The number of halogens is 1. The van der Waals surface area contributed by atoms with Crippen LogP contribution >= 0.6 is 15.9 Å². The Morgan fingerprint density at radius 3 is 2.62 bits per heavy atom. The molecule has 0 aliphatic rings. The van der Waals surface area contributed by atoms with Crippen LogP contribution in [0.1, 0.15) is 5.56 Å². The van der Waals surface area contributed by atoms with E-state index in [2.05, 4.69) is 62.6 Å². The summed E-state index contributed by atoms with van der Waals surface area (Å²) >= 11 is 3.49. The minimum atomic E-state index is 0.634. The van der Waals surface area contributed by atoms with E-state index >= 15 is 0 Å². The van der Waals surface area contributed by atoms with Crippen LogP contribution in [0, 0.1) is 0 Å². The lowest BCUT2D eigenvalue weighted by Gasteiger charge is -2.08. The number of hydrogen-bond acceptors (Lipinski definition) is 3. The Morgan fingerprint density at radius 2 is 1.86 bits per heavy atom. The van der Waals surface area contributed by atoms with Gasteiger partial charge in [0.25, 0.3) is 0 Å². The molecule has 0 fully saturated rings. The molecule has 1 heterocycles. The molecule has 0 atom stereocenters. The monoisotopic (exact) mass is 342 g/mol. The third-order valence-corrected chi connectivity index (χ3v) is 3.80. The molecule has 0 amide bonds. The highest BCUT2D eigenvalue weighted by molar-refractivity contribution is 9.10. The van der Waals surface area contributed by atoms with E-state index in [1.807, 2.05) is 18.3 Å². The lowest BCUT2D eigenvalue weighted by molar-refractivity contribution is 0.397. The van der Waals surface area contributed by atoms with Crippen molar-refractivity contribution in [1.82, 2.24) is 4.98 Å². The second kappa shape index (κ2) is 6.14. The number of hydrogen-bond donors (Lipinski definition) is 1. The highest BCUT2D eigenvalue weighted by atomic mass is 79.9. The van der Waals surface area contributed by atoms with E-state index in [0.717, 1.165) is 22.3 Å². The molecule has 3 aromatic rings. The van der Waals surface area contributed by atoms with Crippen LogP contribution in [0.15, 0.2) is 59.2 Å². The van der Waals surface area contributed by atoms with Gasteiger partial charge >= 0.3 is 0 Å². The van der Waals surface area contributed by atoms with Gasteiger partial charge in [-0.1, -0.05) is 34.1 Å². The Bertz CT molecular complexity index is 756. The first-order chi connectivity index (χ1) is 10.2. The van der Waals surface area contributed by atoms with E-state index in [9.17, 15) is 0 Å². The third kappa shape index (κ3) is 3.34. The van der Waals surface area contributed by atoms with E-state index in [-0.39, 0.29) is 0 Å². The normalized spacial score (nSPS) is 10.6. The van der Waals surface area contributed by atoms with Crippen molar-refractivity contribution >= 4 is 32.4 Å². The number of fused-ring (bicyclic) bond motifs is 1. The minimum Gasteiger partial charge on any atom is -0.481 e. The molecule has 1 aromatic heterocycles. The van der Waals surface area contributed by atoms with Gasteiger partial charge in [0.05, 0.1) is 7.11 Å². The first kappa shape index (κ1) is 13.9. The first-order valence-corrected chi connectivity index (χ1v) is 7.46. The fourth-order valence-electron chi connectivity index (χ4n) is 2.17. The first-order valence-electron chi connectivity index (χ1n) is 6.67. The molecule has 1 N–H and O–H groups in total. The predicted octanol–water partition coefficient (Wildman–Crippen LogP) is 4.62. The summed E-state index contributed by atoms with van der Waals surface area (Å²) in [6, 6.07) is 16.5. The van der Waals surface area contributed by atoms with E-state index in [1.165, 1.54) is 10.8 Å². The smallest absolute Gasteiger partial charge is 0.212 e. The van der Waals surface area contributed by atoms with Gasteiger partial charge in [-0.25, -0.2) is 4.98 Å². The largest absolute Gasteiger partial charge is 0.481 e. The fourth-order valence-corrected chi connectivity index (χ4v) is 2.55. The molecule has 0 unspecified atom stereocenters. The van der Waals surface area contributed by atoms with Crippen LogP contribution in [-0.2, 0) is 6.54 Å². The number of nitrogens with zero attached hydrogens (tertiary/aromatic N) is 1. The summed E-state index contributed by atoms with van der Waals surface area (Å²) in [5, 5.41) is 5.85. The molecule has 21 heavy (non-hydrogen) atoms. The molecule has 2 aromatic carbocycles. The molecular formula is C17H15BrN2O. The van der Waals surface area contributed by atoms with Crippen LogP contribution < -0.4 is 10.1 Å². The van der Waals surface area contributed by atoms with E-state index in [4.69, 9.17) is 4.74 Å². The van der Waals surface area contributed by atoms with Crippen molar-refractivity contribution in [1.29, 1.82) is 0 Å². The number of anilines is 1. The maximum absolute atomic E-state index is 5.05. The van der Waals surface area contributed by atoms with Crippen LogP contribution in [0.3, 0.4) is 0 Å². The Balaban J connectivity index is 1.73. The molecule has 0 aliphatic heterocycles. The molecule has 0 spiro atoms. The Hall–Kier alpha value is -2.07. The van der Waals surface area contributed by atoms with Gasteiger partial charge in [0, 0.05) is 29.0 Å². The Labute approximate surface area is 132 Å². The molecule has 3 rings (SSSR count). The highest BCUT2D eigenvalue weighted by Gasteiger charge is 1.99. The number of aromatic nitrogens is 1. The van der Waals surface area contributed by atoms with Gasteiger partial charge in [-0.05, 0) is 40.6 Å². The highest BCUT2D eigenvalue weighted by Crippen LogP contribution is 2.23. The van der Waals surface area contributed by atoms with Crippen LogP contribution in [0.2, 0.25) is 0 Å². The van der Waals surface area contributed by atoms with E-state index in [0.29, 0.717) is 5.88 Å². The average Bonchev–Trinajstić information content (AvgIpc) is 2.53. The molecule has 0 radical (unpaired) electrons. The average molecular weight is 343 g/mol. The van der Waals surface area contributed by atoms with Crippen LogP contribution in [-0.4, -0.2) is 12.1 Å². The standard InChI is InChI=1S/C17H15BrN2O/c1-21-17-7-2-12(11-20-17)10-19-16-6-4-13-8-15(18)5-3-14(13)9-16/h2-9,11,19H,10H2,1H3. The number of benzene rings is 2. The summed E-state index contributed by atoms with van der Waals surface area (Å²) in [4.78, 5) is 4.20. The topological polar surface area (TPSA) is 34.1 Å². The summed E-state index contributed by atoms with van der Waals surface area (Å²) in [6.45, 7) is 0.735. The van der Waals surface area contributed by atoms with E-state index in [1.54, 1.807) is 7.11 Å². The number of rotatable bonds is 4. The van der Waals surface area contributed by atoms with Gasteiger partial charge in [0.15, 0.2) is 0 Å². The lowest BCUT2D eigenvalue weighted by atomic mass is 10.1. The van der Waals surface area contributed by atoms with Crippen LogP contribution in [0.25, 0.3) is 10.8 Å². The molecule has 4 heteroatoms. The lowest BCUT2D eigenvalue weighted by Crippen LogP contribution is -2.00. The molecule has 0 saturated carbocycles. The zero-order valence-electron chi connectivity index (χ0n) is 11.6. The summed E-state index contributed by atoms with van der Waals surface area (Å²) in [6.07, 6.45) is 1.82. The summed E-state index contributed by atoms with van der Waals surface area (Å²) < 4.78 is 6.15. The minimum absolute atomic E-state index is 0.634. The molecular weight excluding hydrogens is 328 g/mol. The van der Waals surface area contributed by atoms with Crippen molar-refractivity contribution in [2.24, 2.45) is 0 Å². The predicted molar refractivity (Wildman–Crippen MR) is 89.8 cm³/mol. The van der Waals surface area contributed by atoms with Gasteiger partial charge in [0.2, 0.25) is 5.88 Å². The van der Waals surface area contributed by atoms with Crippen molar-refractivity contribution in [3.63, 3.8) is 0 Å². The number of pyridine rings is 1. The fraction of sp³-hybridized carbons (Fsp3) is 0.118. The molecule has 3 nitrogen and oxygen atoms in total. The number of methoxy groups -OCH3 is 1.